The van der Waals surface area contributed by atoms with Crippen molar-refractivity contribution in [3.63, 3.8) is 0 Å². The van der Waals surface area contributed by atoms with Crippen molar-refractivity contribution in [2.75, 3.05) is 0 Å². The second-order valence-corrected chi connectivity index (χ2v) is 6.33. The third kappa shape index (κ3) is 2.78. The van der Waals surface area contributed by atoms with Crippen LogP contribution in [-0.4, -0.2) is 10.2 Å². The summed E-state index contributed by atoms with van der Waals surface area (Å²) in [6.07, 6.45) is 0. The first-order chi connectivity index (χ1) is 8.38. The molecule has 2 nitrogen and oxygen atoms in total. The smallest absolute Gasteiger partial charge is 0.128 e. The lowest BCUT2D eigenvalue weighted by Crippen LogP contribution is -2.11. The van der Waals surface area contributed by atoms with E-state index in [4.69, 9.17) is 0 Å². The van der Waals surface area contributed by atoms with E-state index in [0.29, 0.717) is 0 Å². The van der Waals surface area contributed by atoms with Gasteiger partial charge in [0.1, 0.15) is 4.60 Å². The molecule has 94 valence electrons. The average Bonchev–Trinajstić information content (AvgIpc) is 2.29. The Morgan fingerprint density at radius 2 is 1.72 bits per heavy atom. The number of hydrogen-bond acceptors (Lipinski definition) is 2. The molecule has 0 aliphatic heterocycles. The fourth-order valence-electron chi connectivity index (χ4n) is 1.82. The maximum Gasteiger partial charge on any atom is 0.128 e. The Balaban J connectivity index is 2.53. The van der Waals surface area contributed by atoms with Crippen LogP contribution in [-0.2, 0) is 5.41 Å². The van der Waals surface area contributed by atoms with Crippen molar-refractivity contribution < 1.29 is 0 Å². The van der Waals surface area contributed by atoms with Crippen LogP contribution in [0.3, 0.4) is 0 Å². The molecule has 0 unspecified atom stereocenters. The summed E-state index contributed by atoms with van der Waals surface area (Å²) in [5.41, 5.74) is 4.75. The Labute approximate surface area is 117 Å². The summed E-state index contributed by atoms with van der Waals surface area (Å²) in [5, 5.41) is 8.29. The van der Waals surface area contributed by atoms with Crippen LogP contribution in [0.2, 0.25) is 0 Å². The number of hydrogen-bond donors (Lipinski definition) is 0. The van der Waals surface area contributed by atoms with Crippen LogP contribution in [0.1, 0.15) is 31.9 Å². The van der Waals surface area contributed by atoms with E-state index in [2.05, 4.69) is 72.0 Å². The zero-order valence-corrected chi connectivity index (χ0v) is 12.7. The van der Waals surface area contributed by atoms with Gasteiger partial charge in [0.15, 0.2) is 0 Å². The molecule has 18 heavy (non-hydrogen) atoms. The van der Waals surface area contributed by atoms with Crippen molar-refractivity contribution in [1.29, 1.82) is 0 Å². The van der Waals surface area contributed by atoms with Crippen molar-refractivity contribution in [3.8, 4) is 11.3 Å². The summed E-state index contributed by atoms with van der Waals surface area (Å²) < 4.78 is 0.760. The highest BCUT2D eigenvalue weighted by atomic mass is 79.9. The van der Waals surface area contributed by atoms with Gasteiger partial charge in [0.25, 0.3) is 0 Å². The first-order valence-corrected chi connectivity index (χ1v) is 6.78. The van der Waals surface area contributed by atoms with Gasteiger partial charge in [-0.3, -0.25) is 0 Å². The molecule has 0 radical (unpaired) electrons. The van der Waals surface area contributed by atoms with E-state index in [1.54, 1.807) is 0 Å². The van der Waals surface area contributed by atoms with E-state index in [0.717, 1.165) is 15.9 Å². The monoisotopic (exact) mass is 304 g/mol. The van der Waals surface area contributed by atoms with Crippen molar-refractivity contribution in [2.45, 2.75) is 33.1 Å². The molecule has 1 aromatic carbocycles. The number of benzene rings is 1. The van der Waals surface area contributed by atoms with Gasteiger partial charge in [-0.15, -0.1) is 10.2 Å². The maximum absolute atomic E-state index is 4.24. The third-order valence-corrected chi connectivity index (χ3v) is 3.43. The Morgan fingerprint density at radius 1 is 1.00 bits per heavy atom. The Morgan fingerprint density at radius 3 is 2.28 bits per heavy atom. The number of rotatable bonds is 1. The van der Waals surface area contributed by atoms with Gasteiger partial charge in [0, 0.05) is 5.56 Å². The average molecular weight is 305 g/mol. The normalized spacial score (nSPS) is 11.6. The molecule has 2 rings (SSSR count). The van der Waals surface area contributed by atoms with Crippen molar-refractivity contribution in [2.24, 2.45) is 0 Å². The van der Waals surface area contributed by atoms with E-state index >= 15 is 0 Å². The van der Waals surface area contributed by atoms with Crippen LogP contribution >= 0.6 is 15.9 Å². The van der Waals surface area contributed by atoms with E-state index in [9.17, 15) is 0 Å². The standard InChI is InChI=1S/C15H17BrN2/c1-10-5-6-11(15(2,3)4)9-12(10)13-7-8-14(16)18-17-13/h5-9H,1-4H3. The zero-order chi connectivity index (χ0) is 13.3. The molecule has 3 heteroatoms. The van der Waals surface area contributed by atoms with E-state index in [-0.39, 0.29) is 5.41 Å². The molecule has 0 atom stereocenters. The molecule has 2 aromatic rings. The summed E-state index contributed by atoms with van der Waals surface area (Å²) in [5.74, 6) is 0. The highest BCUT2D eigenvalue weighted by Crippen LogP contribution is 2.29. The molecule has 0 aliphatic carbocycles. The minimum Gasteiger partial charge on any atom is -0.149 e. The second kappa shape index (κ2) is 4.81. The molecule has 0 bridgehead atoms. The van der Waals surface area contributed by atoms with Crippen molar-refractivity contribution in [1.82, 2.24) is 10.2 Å². The van der Waals surface area contributed by atoms with Crippen LogP contribution < -0.4 is 0 Å². The van der Waals surface area contributed by atoms with Crippen LogP contribution in [0, 0.1) is 6.92 Å². The van der Waals surface area contributed by atoms with E-state index in [1.165, 1.54) is 11.1 Å². The fourth-order valence-corrected chi connectivity index (χ4v) is 2.04. The first kappa shape index (κ1) is 13.2. The highest BCUT2D eigenvalue weighted by molar-refractivity contribution is 9.10. The molecule has 0 N–H and O–H groups in total. The first-order valence-electron chi connectivity index (χ1n) is 5.98. The van der Waals surface area contributed by atoms with E-state index < -0.39 is 0 Å². The summed E-state index contributed by atoms with van der Waals surface area (Å²) in [6, 6.07) is 10.5. The Bertz CT molecular complexity index is 554. The van der Waals surface area contributed by atoms with Crippen molar-refractivity contribution >= 4 is 15.9 Å². The van der Waals surface area contributed by atoms with Gasteiger partial charge in [0.2, 0.25) is 0 Å². The second-order valence-electron chi connectivity index (χ2n) is 5.52. The lowest BCUT2D eigenvalue weighted by molar-refractivity contribution is 0.590. The quantitative estimate of drug-likeness (QED) is 0.774. The lowest BCUT2D eigenvalue weighted by atomic mass is 9.85. The topological polar surface area (TPSA) is 25.8 Å². The van der Waals surface area contributed by atoms with Gasteiger partial charge >= 0.3 is 0 Å². The van der Waals surface area contributed by atoms with Crippen LogP contribution in [0.15, 0.2) is 34.9 Å². The molecular formula is C15H17BrN2. The largest absolute Gasteiger partial charge is 0.149 e. The number of halogens is 1. The maximum atomic E-state index is 4.24. The van der Waals surface area contributed by atoms with Crippen molar-refractivity contribution in [3.05, 3.63) is 46.1 Å². The molecule has 0 aliphatic rings. The predicted octanol–water partition coefficient (Wildman–Crippen LogP) is 4.51. The van der Waals surface area contributed by atoms with Crippen LogP contribution in [0.25, 0.3) is 11.3 Å². The molecule has 1 heterocycles. The van der Waals surface area contributed by atoms with E-state index in [1.807, 2.05) is 12.1 Å². The molecule has 0 saturated carbocycles. The Hall–Kier alpha value is -1.22. The minimum atomic E-state index is 0.144. The van der Waals surface area contributed by atoms with Gasteiger partial charge in [-0.25, -0.2) is 0 Å². The molecular weight excluding hydrogens is 288 g/mol. The SMILES string of the molecule is Cc1ccc(C(C)(C)C)cc1-c1ccc(Br)nn1. The van der Waals surface area contributed by atoms with Gasteiger partial charge in [0.05, 0.1) is 5.69 Å². The number of nitrogens with zero attached hydrogens (tertiary/aromatic N) is 2. The van der Waals surface area contributed by atoms with Crippen LogP contribution in [0.5, 0.6) is 0 Å². The molecule has 0 saturated heterocycles. The number of aromatic nitrogens is 2. The van der Waals surface area contributed by atoms with Gasteiger partial charge < -0.3 is 0 Å². The summed E-state index contributed by atoms with van der Waals surface area (Å²) in [6.45, 7) is 8.75. The molecule has 0 spiro atoms. The zero-order valence-electron chi connectivity index (χ0n) is 11.2. The molecule has 1 aromatic heterocycles. The predicted molar refractivity (Wildman–Crippen MR) is 78.6 cm³/mol. The fraction of sp³-hybridized carbons (Fsp3) is 0.333. The lowest BCUT2D eigenvalue weighted by Gasteiger charge is -2.20. The van der Waals surface area contributed by atoms with Gasteiger partial charge in [-0.1, -0.05) is 32.9 Å². The summed E-state index contributed by atoms with van der Waals surface area (Å²) in [7, 11) is 0. The number of aryl methyl sites for hydroxylation is 1. The van der Waals surface area contributed by atoms with Gasteiger partial charge in [-0.05, 0) is 57.6 Å². The third-order valence-electron chi connectivity index (χ3n) is 3.01. The summed E-state index contributed by atoms with van der Waals surface area (Å²) >= 11 is 3.31. The summed E-state index contributed by atoms with van der Waals surface area (Å²) in [4.78, 5) is 0. The van der Waals surface area contributed by atoms with Crippen LogP contribution in [0.4, 0.5) is 0 Å². The molecule has 0 amide bonds. The molecule has 0 fully saturated rings. The highest BCUT2D eigenvalue weighted by Gasteiger charge is 2.15. The van der Waals surface area contributed by atoms with Gasteiger partial charge in [-0.2, -0.15) is 0 Å². The minimum absolute atomic E-state index is 0.144. The Kier molecular flexibility index (Phi) is 3.53.